The summed E-state index contributed by atoms with van der Waals surface area (Å²) >= 11 is 6.14. The van der Waals surface area contributed by atoms with E-state index in [0.717, 1.165) is 22.4 Å². The van der Waals surface area contributed by atoms with Gasteiger partial charge in [0.25, 0.3) is 5.91 Å². The Labute approximate surface area is 210 Å². The lowest BCUT2D eigenvalue weighted by atomic mass is 9.91. The Morgan fingerprint density at radius 3 is 2.66 bits per heavy atom. The summed E-state index contributed by atoms with van der Waals surface area (Å²) in [5.41, 5.74) is 2.90. The fraction of sp³-hybridized carbons (Fsp3) is 0.286. The van der Waals surface area contributed by atoms with Gasteiger partial charge in [0.1, 0.15) is 17.1 Å². The third-order valence-corrected chi connectivity index (χ3v) is 6.37. The summed E-state index contributed by atoms with van der Waals surface area (Å²) in [6.45, 7) is 2.39. The summed E-state index contributed by atoms with van der Waals surface area (Å²) in [5, 5.41) is 9.90. The van der Waals surface area contributed by atoms with Gasteiger partial charge in [0, 0.05) is 42.1 Å². The first-order valence-corrected chi connectivity index (χ1v) is 11.8. The number of hydrogen-bond acceptors (Lipinski definition) is 4. The lowest BCUT2D eigenvalue weighted by molar-refractivity contribution is -0.137. The number of fused-ring (bicyclic) bond motifs is 1. The van der Waals surface area contributed by atoms with Crippen LogP contribution in [0.5, 0.6) is 11.5 Å². The second kappa shape index (κ2) is 10.4. The maximum atomic E-state index is 13.5. The largest absolute Gasteiger partial charge is 0.496 e. The normalized spacial score (nSPS) is 16.3. The molecule has 0 spiro atoms. The topological polar surface area (TPSA) is 76.1 Å². The number of rotatable bonds is 9. The highest BCUT2D eigenvalue weighted by atomic mass is 35.5. The van der Waals surface area contributed by atoms with Crippen LogP contribution in [0.2, 0.25) is 5.02 Å². The zero-order valence-corrected chi connectivity index (χ0v) is 20.5. The number of carboxylic acid groups (broad SMARTS) is 1. The van der Waals surface area contributed by atoms with Crippen LogP contribution < -0.4 is 9.47 Å². The van der Waals surface area contributed by atoms with E-state index < -0.39 is 11.6 Å². The quantitative estimate of drug-likeness (QED) is 0.432. The maximum Gasteiger partial charge on any atom is 0.305 e. The number of nitrogens with zero attached hydrogens (tertiary/aromatic N) is 1. The summed E-state index contributed by atoms with van der Waals surface area (Å²) in [6, 6.07) is 20.6. The molecule has 1 heterocycles. The number of methoxy groups -OCH3 is 1. The molecule has 0 bridgehead atoms. The van der Waals surface area contributed by atoms with Gasteiger partial charge in [0.05, 0.1) is 13.5 Å². The van der Waals surface area contributed by atoms with Crippen molar-refractivity contribution in [3.8, 4) is 11.5 Å². The highest BCUT2D eigenvalue weighted by molar-refractivity contribution is 6.30. The van der Waals surface area contributed by atoms with Crippen LogP contribution >= 0.6 is 11.6 Å². The average molecular weight is 494 g/mol. The zero-order chi connectivity index (χ0) is 25.0. The van der Waals surface area contributed by atoms with Crippen LogP contribution in [-0.4, -0.2) is 41.1 Å². The average Bonchev–Trinajstić information content (AvgIpc) is 3.16. The van der Waals surface area contributed by atoms with Gasteiger partial charge in [-0.25, -0.2) is 0 Å². The molecule has 3 aromatic rings. The van der Waals surface area contributed by atoms with Gasteiger partial charge in [0.15, 0.2) is 0 Å². The molecule has 0 radical (unpaired) electrons. The molecule has 1 aliphatic heterocycles. The summed E-state index contributed by atoms with van der Waals surface area (Å²) < 4.78 is 11.7. The smallest absolute Gasteiger partial charge is 0.305 e. The van der Waals surface area contributed by atoms with E-state index >= 15 is 0 Å². The number of benzene rings is 3. The number of aliphatic carboxylic acids is 1. The molecule has 0 unspecified atom stereocenters. The molecule has 1 amide bonds. The second-order valence-electron chi connectivity index (χ2n) is 9.04. The first kappa shape index (κ1) is 24.6. The third kappa shape index (κ3) is 5.95. The van der Waals surface area contributed by atoms with Crippen molar-refractivity contribution in [1.29, 1.82) is 0 Å². The van der Waals surface area contributed by atoms with E-state index in [1.807, 2.05) is 60.7 Å². The minimum Gasteiger partial charge on any atom is -0.496 e. The van der Waals surface area contributed by atoms with Crippen LogP contribution in [0, 0.1) is 0 Å². The van der Waals surface area contributed by atoms with Gasteiger partial charge < -0.3 is 19.5 Å². The fourth-order valence-corrected chi connectivity index (χ4v) is 4.75. The molecule has 7 heteroatoms. The van der Waals surface area contributed by atoms with Crippen molar-refractivity contribution < 1.29 is 24.2 Å². The Bertz CT molecular complexity index is 1240. The van der Waals surface area contributed by atoms with Crippen LogP contribution in [-0.2, 0) is 24.2 Å². The standard InChI is InChI=1S/C28H28ClNO5/c1-28(16-19-6-5-8-23(29)14-19)17-22-15-20(10-11-25(22)35-28)27(33)30(13-12-26(31)32)18-21-7-3-4-9-24(21)34-2/h3-11,14-15H,12-13,16-18H2,1-2H3,(H,31,32)/t28-/m1/s1. The van der Waals surface area contributed by atoms with Crippen molar-refractivity contribution in [2.24, 2.45) is 0 Å². The molecule has 0 saturated heterocycles. The zero-order valence-electron chi connectivity index (χ0n) is 19.8. The Morgan fingerprint density at radius 1 is 1.11 bits per heavy atom. The monoisotopic (exact) mass is 493 g/mol. The Balaban J connectivity index is 1.54. The number of ether oxygens (including phenoxy) is 2. The van der Waals surface area contributed by atoms with Gasteiger partial charge in [-0.3, -0.25) is 9.59 Å². The molecular formula is C28H28ClNO5. The molecule has 1 atom stereocenters. The number of hydrogen-bond donors (Lipinski definition) is 1. The molecule has 3 aromatic carbocycles. The summed E-state index contributed by atoms with van der Waals surface area (Å²) in [7, 11) is 1.57. The number of carbonyl (C=O) groups excluding carboxylic acids is 1. The molecule has 4 rings (SSSR count). The van der Waals surface area contributed by atoms with Crippen LogP contribution in [0.1, 0.15) is 40.4 Å². The van der Waals surface area contributed by atoms with Gasteiger partial charge in [-0.1, -0.05) is 41.9 Å². The lowest BCUT2D eigenvalue weighted by Crippen LogP contribution is -2.33. The van der Waals surface area contributed by atoms with E-state index in [0.29, 0.717) is 29.2 Å². The van der Waals surface area contributed by atoms with Crippen molar-refractivity contribution in [3.05, 3.63) is 94.0 Å². The maximum absolute atomic E-state index is 13.5. The highest BCUT2D eigenvalue weighted by Crippen LogP contribution is 2.38. The second-order valence-corrected chi connectivity index (χ2v) is 9.48. The highest BCUT2D eigenvalue weighted by Gasteiger charge is 2.35. The number of carboxylic acids is 1. The Kier molecular flexibility index (Phi) is 7.31. The lowest BCUT2D eigenvalue weighted by Gasteiger charge is -2.24. The van der Waals surface area contributed by atoms with Gasteiger partial charge in [-0.05, 0) is 54.4 Å². The predicted molar refractivity (Wildman–Crippen MR) is 134 cm³/mol. The van der Waals surface area contributed by atoms with E-state index in [2.05, 4.69) is 6.92 Å². The Hall–Kier alpha value is -3.51. The van der Waals surface area contributed by atoms with Crippen LogP contribution in [0.3, 0.4) is 0 Å². The van der Waals surface area contributed by atoms with Gasteiger partial charge in [-0.2, -0.15) is 0 Å². The molecule has 1 aliphatic rings. The molecule has 0 aromatic heterocycles. The van der Waals surface area contributed by atoms with Crippen molar-refractivity contribution in [3.63, 3.8) is 0 Å². The van der Waals surface area contributed by atoms with E-state index in [-0.39, 0.29) is 25.4 Å². The van der Waals surface area contributed by atoms with Crippen LogP contribution in [0.4, 0.5) is 0 Å². The van der Waals surface area contributed by atoms with Crippen LogP contribution in [0.25, 0.3) is 0 Å². The minimum atomic E-state index is -0.957. The number of amides is 1. The van der Waals surface area contributed by atoms with Gasteiger partial charge >= 0.3 is 5.97 Å². The van der Waals surface area contributed by atoms with Crippen molar-refractivity contribution >= 4 is 23.5 Å². The van der Waals surface area contributed by atoms with Crippen molar-refractivity contribution in [1.82, 2.24) is 4.90 Å². The van der Waals surface area contributed by atoms with Crippen molar-refractivity contribution in [2.75, 3.05) is 13.7 Å². The first-order chi connectivity index (χ1) is 16.8. The minimum absolute atomic E-state index is 0.0896. The number of halogens is 1. The van der Waals surface area contributed by atoms with Gasteiger partial charge in [0.2, 0.25) is 0 Å². The Morgan fingerprint density at radius 2 is 1.91 bits per heavy atom. The number of carbonyl (C=O) groups is 2. The molecule has 0 aliphatic carbocycles. The molecular weight excluding hydrogens is 466 g/mol. The van der Waals surface area contributed by atoms with Crippen LogP contribution in [0.15, 0.2) is 66.7 Å². The third-order valence-electron chi connectivity index (χ3n) is 6.13. The van der Waals surface area contributed by atoms with Crippen molar-refractivity contribution in [2.45, 2.75) is 38.3 Å². The van der Waals surface area contributed by atoms with Gasteiger partial charge in [-0.15, -0.1) is 0 Å². The van der Waals surface area contributed by atoms with E-state index in [4.69, 9.17) is 21.1 Å². The van der Waals surface area contributed by atoms with E-state index in [1.54, 1.807) is 18.1 Å². The molecule has 0 fully saturated rings. The summed E-state index contributed by atoms with van der Waals surface area (Å²) in [6.07, 6.45) is 1.19. The summed E-state index contributed by atoms with van der Waals surface area (Å²) in [4.78, 5) is 26.3. The molecule has 182 valence electrons. The molecule has 1 N–H and O–H groups in total. The first-order valence-electron chi connectivity index (χ1n) is 11.5. The SMILES string of the molecule is COc1ccccc1CN(CCC(=O)O)C(=O)c1ccc2c(c1)C[C@@](C)(Cc1cccc(Cl)c1)O2. The molecule has 6 nitrogen and oxygen atoms in total. The predicted octanol–water partition coefficient (Wildman–Crippen LogP) is 5.40. The van der Waals surface area contributed by atoms with E-state index in [1.165, 1.54) is 0 Å². The fourth-order valence-electron chi connectivity index (χ4n) is 4.54. The summed E-state index contributed by atoms with van der Waals surface area (Å²) in [5.74, 6) is 0.220. The van der Waals surface area contributed by atoms with E-state index in [9.17, 15) is 14.7 Å². The molecule has 0 saturated carbocycles. The molecule has 35 heavy (non-hydrogen) atoms. The number of para-hydroxylation sites is 1.